The van der Waals surface area contributed by atoms with Crippen molar-refractivity contribution in [2.24, 2.45) is 5.73 Å². The highest BCUT2D eigenvalue weighted by Gasteiger charge is 2.15. The molecule has 2 N–H and O–H groups in total. The Bertz CT molecular complexity index is 739. The first kappa shape index (κ1) is 12.9. The van der Waals surface area contributed by atoms with Crippen LogP contribution in [0.5, 0.6) is 0 Å². The summed E-state index contributed by atoms with van der Waals surface area (Å²) in [6, 6.07) is 9.19. The Labute approximate surface area is 124 Å². The molecule has 2 aromatic heterocycles. The van der Waals surface area contributed by atoms with Crippen LogP contribution in [0, 0.1) is 0 Å². The number of pyridine rings is 1. The highest BCUT2D eigenvalue weighted by atomic mass is 35.5. The largest absolute Gasteiger partial charge is 0.320 e. The molecule has 0 fully saturated rings. The molecule has 96 valence electrons. The lowest BCUT2D eigenvalue weighted by Gasteiger charge is -2.14. The summed E-state index contributed by atoms with van der Waals surface area (Å²) < 4.78 is 1.12. The van der Waals surface area contributed by atoms with E-state index in [9.17, 15) is 0 Å². The lowest BCUT2D eigenvalue weighted by Crippen LogP contribution is -2.12. The molecule has 0 bridgehead atoms. The Balaban J connectivity index is 2.07. The van der Waals surface area contributed by atoms with Gasteiger partial charge in [0, 0.05) is 6.20 Å². The van der Waals surface area contributed by atoms with Gasteiger partial charge in [0.1, 0.15) is 0 Å². The van der Waals surface area contributed by atoms with Crippen molar-refractivity contribution in [3.8, 4) is 0 Å². The zero-order chi connectivity index (χ0) is 13.4. The quantitative estimate of drug-likeness (QED) is 0.748. The molecule has 0 saturated carbocycles. The molecule has 2 nitrogen and oxygen atoms in total. The van der Waals surface area contributed by atoms with Crippen LogP contribution < -0.4 is 5.73 Å². The van der Waals surface area contributed by atoms with E-state index in [2.05, 4.69) is 11.1 Å². The Kier molecular flexibility index (Phi) is 3.46. The van der Waals surface area contributed by atoms with Crippen LogP contribution in [0.15, 0.2) is 41.9 Å². The third-order valence-electron chi connectivity index (χ3n) is 3.00. The van der Waals surface area contributed by atoms with E-state index in [-0.39, 0.29) is 6.04 Å². The molecule has 0 aliphatic rings. The topological polar surface area (TPSA) is 38.9 Å². The first-order valence-electron chi connectivity index (χ1n) is 5.69. The summed E-state index contributed by atoms with van der Waals surface area (Å²) in [6.07, 6.45) is 1.79. The van der Waals surface area contributed by atoms with E-state index in [0.29, 0.717) is 10.0 Å². The average Bonchev–Trinajstić information content (AvgIpc) is 2.88. The van der Waals surface area contributed by atoms with Gasteiger partial charge >= 0.3 is 0 Å². The summed E-state index contributed by atoms with van der Waals surface area (Å²) in [5.41, 5.74) is 8.99. The van der Waals surface area contributed by atoms with Gasteiger partial charge in [0.05, 0.1) is 26.3 Å². The minimum absolute atomic E-state index is 0.329. The van der Waals surface area contributed by atoms with Crippen LogP contribution in [0.4, 0.5) is 0 Å². The van der Waals surface area contributed by atoms with Gasteiger partial charge in [-0.15, -0.1) is 11.3 Å². The third-order valence-corrected chi connectivity index (χ3v) is 4.69. The maximum absolute atomic E-state index is 6.27. The first-order chi connectivity index (χ1) is 9.16. The molecule has 2 heterocycles. The van der Waals surface area contributed by atoms with Gasteiger partial charge in [-0.2, -0.15) is 0 Å². The average molecular weight is 309 g/mol. The fourth-order valence-electron chi connectivity index (χ4n) is 1.97. The van der Waals surface area contributed by atoms with Gasteiger partial charge in [-0.3, -0.25) is 4.98 Å². The van der Waals surface area contributed by atoms with Crippen molar-refractivity contribution in [3.63, 3.8) is 0 Å². The van der Waals surface area contributed by atoms with E-state index >= 15 is 0 Å². The van der Waals surface area contributed by atoms with Crippen LogP contribution in [0.3, 0.4) is 0 Å². The maximum Gasteiger partial charge on any atom is 0.0809 e. The van der Waals surface area contributed by atoms with Gasteiger partial charge in [-0.05, 0) is 34.7 Å². The van der Waals surface area contributed by atoms with Crippen LogP contribution >= 0.6 is 34.5 Å². The van der Waals surface area contributed by atoms with Gasteiger partial charge in [-0.1, -0.05) is 35.3 Å². The van der Waals surface area contributed by atoms with Gasteiger partial charge < -0.3 is 5.73 Å². The van der Waals surface area contributed by atoms with Crippen LogP contribution in [-0.2, 0) is 0 Å². The monoisotopic (exact) mass is 308 g/mol. The Morgan fingerprint density at radius 1 is 1.21 bits per heavy atom. The second-order valence-corrected chi connectivity index (χ2v) is 5.93. The van der Waals surface area contributed by atoms with Gasteiger partial charge in [0.2, 0.25) is 0 Å². The van der Waals surface area contributed by atoms with E-state index in [1.54, 1.807) is 23.6 Å². The zero-order valence-electron chi connectivity index (χ0n) is 9.81. The fraction of sp³-hybridized carbons (Fsp3) is 0.0714. The van der Waals surface area contributed by atoms with E-state index in [0.717, 1.165) is 21.3 Å². The van der Waals surface area contributed by atoms with Crippen molar-refractivity contribution in [2.75, 3.05) is 0 Å². The van der Waals surface area contributed by atoms with Crippen molar-refractivity contribution in [2.45, 2.75) is 6.04 Å². The number of nitrogens with zero attached hydrogens (tertiary/aromatic N) is 1. The fourth-order valence-corrected chi connectivity index (χ4v) is 3.19. The molecule has 1 aromatic carbocycles. The number of aromatic nitrogens is 1. The van der Waals surface area contributed by atoms with Gasteiger partial charge in [0.15, 0.2) is 0 Å². The minimum Gasteiger partial charge on any atom is -0.320 e. The molecule has 3 rings (SSSR count). The van der Waals surface area contributed by atoms with Crippen molar-refractivity contribution in [1.29, 1.82) is 0 Å². The number of halogens is 2. The number of hydrogen-bond acceptors (Lipinski definition) is 3. The minimum atomic E-state index is -0.329. The Morgan fingerprint density at radius 2 is 2.05 bits per heavy atom. The summed E-state index contributed by atoms with van der Waals surface area (Å²) in [4.78, 5) is 4.39. The number of thiophene rings is 1. The maximum atomic E-state index is 6.27. The van der Waals surface area contributed by atoms with E-state index < -0.39 is 0 Å². The molecule has 5 heteroatoms. The van der Waals surface area contributed by atoms with Crippen LogP contribution in [0.1, 0.15) is 17.2 Å². The number of benzene rings is 1. The van der Waals surface area contributed by atoms with Crippen LogP contribution in [-0.4, -0.2) is 4.98 Å². The van der Waals surface area contributed by atoms with E-state index in [1.807, 2.05) is 23.6 Å². The smallest absolute Gasteiger partial charge is 0.0809 e. The summed E-state index contributed by atoms with van der Waals surface area (Å²) in [5.74, 6) is 0. The zero-order valence-corrected chi connectivity index (χ0v) is 12.1. The molecule has 1 unspecified atom stereocenters. The normalized spacial score (nSPS) is 12.8. The summed E-state index contributed by atoms with van der Waals surface area (Å²) >= 11 is 13.9. The molecule has 0 aliphatic heterocycles. The lowest BCUT2D eigenvalue weighted by atomic mass is 10.0. The van der Waals surface area contributed by atoms with Crippen molar-refractivity contribution < 1.29 is 0 Å². The first-order valence-corrected chi connectivity index (χ1v) is 7.33. The second kappa shape index (κ2) is 5.10. The van der Waals surface area contributed by atoms with E-state index in [1.165, 1.54) is 0 Å². The molecule has 0 amide bonds. The SMILES string of the molecule is NC(c1cnc2ccsc2c1)c1cccc(Cl)c1Cl. The number of rotatable bonds is 2. The highest BCUT2D eigenvalue weighted by molar-refractivity contribution is 7.17. The van der Waals surface area contributed by atoms with Crippen LogP contribution in [0.25, 0.3) is 10.2 Å². The molecule has 0 spiro atoms. The third kappa shape index (κ3) is 2.35. The molecule has 1 atom stereocenters. The number of fused-ring (bicyclic) bond motifs is 1. The van der Waals surface area contributed by atoms with E-state index in [4.69, 9.17) is 28.9 Å². The molecule has 0 aliphatic carbocycles. The van der Waals surface area contributed by atoms with Crippen molar-refractivity contribution in [3.05, 3.63) is 63.1 Å². The number of hydrogen-bond donors (Lipinski definition) is 1. The molecule has 19 heavy (non-hydrogen) atoms. The van der Waals surface area contributed by atoms with Gasteiger partial charge in [-0.25, -0.2) is 0 Å². The molecule has 0 radical (unpaired) electrons. The standard InChI is InChI=1S/C14H10Cl2N2S/c15-10-3-1-2-9(13(10)16)14(17)8-6-12-11(18-7-8)4-5-19-12/h1-7,14H,17H2. The van der Waals surface area contributed by atoms with Crippen LogP contribution in [0.2, 0.25) is 10.0 Å². The van der Waals surface area contributed by atoms with Crippen molar-refractivity contribution >= 4 is 44.8 Å². The number of nitrogens with two attached hydrogens (primary N) is 1. The Hall–Kier alpha value is -1.13. The predicted molar refractivity (Wildman–Crippen MR) is 82.1 cm³/mol. The summed E-state index contributed by atoms with van der Waals surface area (Å²) in [5, 5.41) is 3.03. The van der Waals surface area contributed by atoms with Gasteiger partial charge in [0.25, 0.3) is 0 Å². The summed E-state index contributed by atoms with van der Waals surface area (Å²) in [7, 11) is 0. The highest BCUT2D eigenvalue weighted by Crippen LogP contribution is 2.32. The second-order valence-electron chi connectivity index (χ2n) is 4.19. The molecule has 3 aromatic rings. The Morgan fingerprint density at radius 3 is 2.89 bits per heavy atom. The molecular formula is C14H10Cl2N2S. The lowest BCUT2D eigenvalue weighted by molar-refractivity contribution is 0.867. The molecule has 0 saturated heterocycles. The van der Waals surface area contributed by atoms with Crippen molar-refractivity contribution in [1.82, 2.24) is 4.98 Å². The summed E-state index contributed by atoms with van der Waals surface area (Å²) in [6.45, 7) is 0. The predicted octanol–water partition coefficient (Wildman–Crippen LogP) is 4.65. The molecular weight excluding hydrogens is 299 g/mol.